The molecule has 428 valence electrons. The summed E-state index contributed by atoms with van der Waals surface area (Å²) in [5.41, 5.74) is 22.5. The van der Waals surface area contributed by atoms with Gasteiger partial charge in [-0.25, -0.2) is 4.79 Å². The van der Waals surface area contributed by atoms with E-state index in [0.29, 0.717) is 16.5 Å². The number of fused-ring (bicyclic) bond motifs is 1. The van der Waals surface area contributed by atoms with E-state index in [1.54, 1.807) is 30.5 Å². The Hall–Kier alpha value is -8.78. The van der Waals surface area contributed by atoms with Crippen molar-refractivity contribution in [2.75, 3.05) is 13.2 Å². The predicted molar refractivity (Wildman–Crippen MR) is 264 cm³/mol. The molecule has 1 aromatic carbocycles. The van der Waals surface area contributed by atoms with E-state index in [-0.39, 0.29) is 38.6 Å². The molecule has 0 saturated carbocycles. The second-order valence-corrected chi connectivity index (χ2v) is 18.2. The van der Waals surface area contributed by atoms with Gasteiger partial charge in [-0.2, -0.15) is 0 Å². The molecule has 32 nitrogen and oxygen atoms in total. The fourth-order valence-electron chi connectivity index (χ4n) is 8.01. The number of rotatable bonds is 33. The molecule has 1 saturated heterocycles. The third-order valence-corrected chi connectivity index (χ3v) is 12.1. The smallest absolute Gasteiger partial charge is 0.328 e. The molecule has 0 unspecified atom stereocenters. The topological polar surface area (TPSA) is 547 Å². The first kappa shape index (κ1) is 63.5. The Kier molecular flexibility index (Phi) is 24.5. The zero-order valence-electron chi connectivity index (χ0n) is 42.1. The highest BCUT2D eigenvalue weighted by Crippen LogP contribution is 2.22. The lowest BCUT2D eigenvalue weighted by Gasteiger charge is -2.30. The minimum Gasteiger partial charge on any atom is -0.481 e. The van der Waals surface area contributed by atoms with Crippen LogP contribution in [-0.4, -0.2) is 192 Å². The lowest BCUT2D eigenvalue weighted by atomic mass is 10.0. The van der Waals surface area contributed by atoms with Crippen LogP contribution < -0.4 is 60.2 Å². The van der Waals surface area contributed by atoms with E-state index < -0.39 is 188 Å². The molecule has 0 aliphatic carbocycles. The van der Waals surface area contributed by atoms with Crippen LogP contribution in [-0.2, 0) is 73.5 Å². The number of para-hydroxylation sites is 1. The number of carbonyl (C=O) groups is 14. The molecular formula is C46H65N13O19. The number of benzene rings is 1. The van der Waals surface area contributed by atoms with Crippen molar-refractivity contribution >= 4 is 93.8 Å². The van der Waals surface area contributed by atoms with Gasteiger partial charge >= 0.3 is 17.9 Å². The number of carbonyl (C=O) groups excluding carboxylic acids is 11. The standard InChI is InChI=1S/C46H65N13O19/c1-20(61)37(46(77)78)58-42(73)27(15-21-18-51-24-6-3-2-5-22(21)24)55-44(75)31-7-4-14-59(31)45(76)29(17-36(67)68)56-39(70)26(10-13-35(65)66)53-41(72)28(16-34(50)64)54-43(74)30(19-60)57-40(71)25(9-12-33(49)63)52-38(69)23(47)8-11-32(48)62/h2-3,5-6,18,20,23,25-31,37,51,60-61H,4,7-17,19,47H2,1H3,(H2,48,62)(H2,49,63)(H2,50,64)(H,52,69)(H,53,72)(H,54,74)(H,55,75)(H,56,70)(H,57,71)(H,58,73)(H,65,66)(H,67,68)(H,77,78)/t20-,23+,25+,26+,27+,28+,29+,30+,31+,37+/m1/s1. The van der Waals surface area contributed by atoms with Crippen molar-refractivity contribution in [1.82, 2.24) is 47.1 Å². The average molecular weight is 1100 g/mol. The van der Waals surface area contributed by atoms with Crippen molar-refractivity contribution in [1.29, 1.82) is 0 Å². The molecule has 32 heteroatoms. The molecule has 0 spiro atoms. The molecule has 1 aliphatic heterocycles. The molecule has 0 radical (unpaired) electrons. The fourth-order valence-corrected chi connectivity index (χ4v) is 8.01. The van der Waals surface area contributed by atoms with E-state index >= 15 is 0 Å². The number of aromatic amines is 1. The number of likely N-dealkylation sites (tertiary alicyclic amines) is 1. The summed E-state index contributed by atoms with van der Waals surface area (Å²) in [6.07, 6.45) is -5.56. The van der Waals surface area contributed by atoms with E-state index in [2.05, 4.69) is 36.9 Å². The maximum Gasteiger partial charge on any atom is 0.328 e. The van der Waals surface area contributed by atoms with Crippen LogP contribution in [0.25, 0.3) is 10.9 Å². The maximum absolute atomic E-state index is 14.2. The molecule has 21 N–H and O–H groups in total. The predicted octanol–water partition coefficient (Wildman–Crippen LogP) is -7.37. The number of aliphatic hydroxyl groups is 2. The number of aromatic nitrogens is 1. The highest BCUT2D eigenvalue weighted by atomic mass is 16.4. The average Bonchev–Trinajstić information content (AvgIpc) is 4.04. The first-order valence-electron chi connectivity index (χ1n) is 24.2. The van der Waals surface area contributed by atoms with Gasteiger partial charge < -0.3 is 95.6 Å². The minimum atomic E-state index is -2.06. The lowest BCUT2D eigenvalue weighted by Crippen LogP contribution is -2.61. The number of nitrogens with two attached hydrogens (primary N) is 4. The van der Waals surface area contributed by atoms with Gasteiger partial charge in [0.2, 0.25) is 65.0 Å². The van der Waals surface area contributed by atoms with Crippen LogP contribution in [0.2, 0.25) is 0 Å². The molecule has 78 heavy (non-hydrogen) atoms. The highest BCUT2D eigenvalue weighted by molar-refractivity contribution is 6.00. The van der Waals surface area contributed by atoms with Crippen LogP contribution in [0.3, 0.4) is 0 Å². The van der Waals surface area contributed by atoms with Crippen LogP contribution >= 0.6 is 0 Å². The Balaban J connectivity index is 1.86. The fraction of sp³-hybridized carbons (Fsp3) is 0.522. The van der Waals surface area contributed by atoms with Gasteiger partial charge in [0.05, 0.1) is 31.6 Å². The van der Waals surface area contributed by atoms with E-state index in [4.69, 9.17) is 22.9 Å². The molecule has 0 bridgehead atoms. The van der Waals surface area contributed by atoms with Gasteiger partial charge in [-0.05, 0) is 50.7 Å². The van der Waals surface area contributed by atoms with Gasteiger partial charge in [0.1, 0.15) is 42.3 Å². The minimum absolute atomic E-state index is 0.0654. The van der Waals surface area contributed by atoms with Crippen molar-refractivity contribution in [2.24, 2.45) is 22.9 Å². The summed E-state index contributed by atoms with van der Waals surface area (Å²) in [7, 11) is 0. The number of nitrogens with zero attached hydrogens (tertiary/aromatic N) is 1. The normalized spacial score (nSPS) is 16.5. The number of primary amides is 3. The third-order valence-electron chi connectivity index (χ3n) is 12.1. The second-order valence-electron chi connectivity index (χ2n) is 18.2. The van der Waals surface area contributed by atoms with Crippen molar-refractivity contribution in [3.05, 3.63) is 36.0 Å². The Morgan fingerprint density at radius 1 is 0.628 bits per heavy atom. The second kappa shape index (κ2) is 30.1. The number of hydrogen-bond acceptors (Lipinski definition) is 17. The van der Waals surface area contributed by atoms with E-state index in [0.717, 1.165) is 11.8 Å². The van der Waals surface area contributed by atoms with Crippen molar-refractivity contribution < 1.29 is 92.7 Å². The number of aliphatic carboxylic acids is 3. The van der Waals surface area contributed by atoms with Gasteiger partial charge in [-0.1, -0.05) is 18.2 Å². The summed E-state index contributed by atoms with van der Waals surface area (Å²) >= 11 is 0. The maximum atomic E-state index is 14.2. The zero-order valence-corrected chi connectivity index (χ0v) is 42.1. The summed E-state index contributed by atoms with van der Waals surface area (Å²) in [5, 5.41) is 65.1. The Morgan fingerprint density at radius 3 is 1.72 bits per heavy atom. The van der Waals surface area contributed by atoms with Crippen LogP contribution in [0.4, 0.5) is 0 Å². The first-order chi connectivity index (χ1) is 36.6. The number of carboxylic acid groups (broad SMARTS) is 3. The number of hydrogen-bond donors (Lipinski definition) is 17. The number of carboxylic acids is 3. The molecule has 1 fully saturated rings. The van der Waals surface area contributed by atoms with Gasteiger partial charge in [-0.3, -0.25) is 62.3 Å². The van der Waals surface area contributed by atoms with Crippen LogP contribution in [0.1, 0.15) is 76.7 Å². The van der Waals surface area contributed by atoms with Crippen molar-refractivity contribution in [3.63, 3.8) is 0 Å². The molecule has 1 aliphatic rings. The van der Waals surface area contributed by atoms with Gasteiger partial charge in [0.15, 0.2) is 6.04 Å². The summed E-state index contributed by atoms with van der Waals surface area (Å²) in [5.74, 6) is -17.3. The van der Waals surface area contributed by atoms with Crippen LogP contribution in [0.5, 0.6) is 0 Å². The molecule has 2 heterocycles. The van der Waals surface area contributed by atoms with E-state index in [1.807, 2.05) is 5.32 Å². The first-order valence-corrected chi connectivity index (χ1v) is 24.2. The Labute approximate surface area is 442 Å². The molecule has 11 amide bonds. The Morgan fingerprint density at radius 2 is 1.15 bits per heavy atom. The molecule has 10 atom stereocenters. The molecule has 3 rings (SSSR count). The zero-order chi connectivity index (χ0) is 58.6. The van der Waals surface area contributed by atoms with E-state index in [1.165, 1.54) is 0 Å². The number of H-pyrrole nitrogens is 1. The quantitative estimate of drug-likeness (QED) is 0.0316. The monoisotopic (exact) mass is 1100 g/mol. The van der Waals surface area contributed by atoms with Gasteiger partial charge in [0.25, 0.3) is 0 Å². The summed E-state index contributed by atoms with van der Waals surface area (Å²) in [6.45, 7) is -0.302. The van der Waals surface area contributed by atoms with Crippen LogP contribution in [0, 0.1) is 0 Å². The summed E-state index contributed by atoms with van der Waals surface area (Å²) in [6, 6.07) is -8.95. The largest absolute Gasteiger partial charge is 0.481 e. The van der Waals surface area contributed by atoms with E-state index in [9.17, 15) is 92.7 Å². The number of nitrogens with one attached hydrogen (secondary N) is 8. The number of amides is 11. The van der Waals surface area contributed by atoms with Gasteiger partial charge in [-0.15, -0.1) is 0 Å². The van der Waals surface area contributed by atoms with Crippen molar-refractivity contribution in [2.45, 2.75) is 138 Å². The lowest BCUT2D eigenvalue weighted by molar-refractivity contribution is -0.146. The Bertz CT molecular complexity index is 2590. The number of aliphatic hydroxyl groups excluding tert-OH is 2. The SMILES string of the molecule is C[C@@H](O)[C@H](NC(=O)[C@H](Cc1c[nH]c2ccccc12)NC(=O)[C@@H]1CCCN1C(=O)[C@H](CC(=O)O)NC(=O)[C@H](CCC(=O)O)NC(=O)[C@H](CC(N)=O)NC(=O)[C@H](CO)NC(=O)[C@H](CCC(N)=O)NC(=O)[C@@H](N)CCC(N)=O)C(=O)O. The van der Waals surface area contributed by atoms with Crippen LogP contribution in [0.15, 0.2) is 30.5 Å². The highest BCUT2D eigenvalue weighted by Gasteiger charge is 2.41. The third kappa shape index (κ3) is 19.7. The summed E-state index contributed by atoms with van der Waals surface area (Å²) < 4.78 is 0. The molecular weight excluding hydrogens is 1040 g/mol. The molecule has 2 aromatic rings. The molecule has 1 aromatic heterocycles. The van der Waals surface area contributed by atoms with Crippen molar-refractivity contribution in [3.8, 4) is 0 Å². The summed E-state index contributed by atoms with van der Waals surface area (Å²) in [4.78, 5) is 184. The van der Waals surface area contributed by atoms with Gasteiger partial charge in [0, 0.05) is 49.3 Å².